The first-order chi connectivity index (χ1) is 9.08. The number of hydrogen-bond acceptors (Lipinski definition) is 3. The van der Waals surface area contributed by atoms with Crippen LogP contribution < -0.4 is 5.73 Å². The number of aliphatic hydroxyl groups is 1. The van der Waals surface area contributed by atoms with Crippen LogP contribution in [-0.2, 0) is 4.79 Å². The highest BCUT2D eigenvalue weighted by Gasteiger charge is 2.44. The summed E-state index contributed by atoms with van der Waals surface area (Å²) in [6, 6.07) is 0.213. The van der Waals surface area contributed by atoms with Crippen LogP contribution in [0.3, 0.4) is 0 Å². The third-order valence-corrected chi connectivity index (χ3v) is 5.56. The molecule has 1 saturated heterocycles. The zero-order valence-corrected chi connectivity index (χ0v) is 11.7. The molecule has 108 valence electrons. The maximum atomic E-state index is 12.5. The Labute approximate surface area is 115 Å². The monoisotopic (exact) mass is 266 g/mol. The molecular formula is C15H26N2O2. The molecule has 19 heavy (non-hydrogen) atoms. The van der Waals surface area contributed by atoms with E-state index in [4.69, 9.17) is 5.73 Å². The highest BCUT2D eigenvalue weighted by atomic mass is 16.3. The molecule has 2 saturated carbocycles. The van der Waals surface area contributed by atoms with Gasteiger partial charge in [0, 0.05) is 31.0 Å². The fraction of sp³-hybridized carbons (Fsp3) is 0.933. The lowest BCUT2D eigenvalue weighted by atomic mass is 9.71. The molecule has 1 aliphatic heterocycles. The number of amides is 1. The largest absolute Gasteiger partial charge is 0.389 e. The van der Waals surface area contributed by atoms with Crippen LogP contribution in [0, 0.1) is 11.8 Å². The van der Waals surface area contributed by atoms with E-state index < -0.39 is 5.60 Å². The number of nitrogens with zero attached hydrogens (tertiary/aromatic N) is 1. The minimum absolute atomic E-state index is 0.143. The molecule has 1 amide bonds. The van der Waals surface area contributed by atoms with Gasteiger partial charge in [-0.05, 0) is 38.5 Å². The van der Waals surface area contributed by atoms with E-state index in [9.17, 15) is 9.90 Å². The molecule has 1 heterocycles. The molecule has 3 rings (SSSR count). The van der Waals surface area contributed by atoms with E-state index in [2.05, 4.69) is 0 Å². The molecule has 0 spiro atoms. The van der Waals surface area contributed by atoms with Crippen LogP contribution in [0.25, 0.3) is 0 Å². The molecule has 4 nitrogen and oxygen atoms in total. The number of hydrogen-bond donors (Lipinski definition) is 2. The summed E-state index contributed by atoms with van der Waals surface area (Å²) in [4.78, 5) is 14.5. The minimum atomic E-state index is -0.485. The van der Waals surface area contributed by atoms with Crippen molar-refractivity contribution in [2.24, 2.45) is 17.6 Å². The van der Waals surface area contributed by atoms with Gasteiger partial charge in [0.25, 0.3) is 0 Å². The normalized spacial score (nSPS) is 43.1. The van der Waals surface area contributed by atoms with Gasteiger partial charge >= 0.3 is 0 Å². The van der Waals surface area contributed by atoms with Crippen molar-refractivity contribution in [3.8, 4) is 0 Å². The van der Waals surface area contributed by atoms with Crippen molar-refractivity contribution in [3.63, 3.8) is 0 Å². The average molecular weight is 266 g/mol. The summed E-state index contributed by atoms with van der Waals surface area (Å²) in [7, 11) is 0. The van der Waals surface area contributed by atoms with Crippen LogP contribution in [0.5, 0.6) is 0 Å². The van der Waals surface area contributed by atoms with E-state index in [1.165, 1.54) is 6.42 Å². The second-order valence-corrected chi connectivity index (χ2v) is 6.85. The third kappa shape index (κ3) is 2.52. The highest BCUT2D eigenvalue weighted by molar-refractivity contribution is 5.79. The lowest BCUT2D eigenvalue weighted by Crippen LogP contribution is -2.55. The van der Waals surface area contributed by atoms with E-state index >= 15 is 0 Å². The summed E-state index contributed by atoms with van der Waals surface area (Å²) in [6.45, 7) is 1.50. The Bertz CT molecular complexity index is 360. The van der Waals surface area contributed by atoms with Crippen molar-refractivity contribution >= 4 is 5.91 Å². The number of nitrogens with two attached hydrogens (primary N) is 1. The van der Waals surface area contributed by atoms with Crippen LogP contribution in [0.15, 0.2) is 0 Å². The topological polar surface area (TPSA) is 66.6 Å². The van der Waals surface area contributed by atoms with Gasteiger partial charge in [0.2, 0.25) is 5.91 Å². The molecule has 4 heteroatoms. The predicted molar refractivity (Wildman–Crippen MR) is 73.4 cm³/mol. The molecule has 4 unspecified atom stereocenters. The van der Waals surface area contributed by atoms with Crippen LogP contribution >= 0.6 is 0 Å². The smallest absolute Gasteiger partial charge is 0.225 e. The highest BCUT2D eigenvalue weighted by Crippen LogP contribution is 2.40. The first-order valence-electron chi connectivity index (χ1n) is 7.85. The lowest BCUT2D eigenvalue weighted by Gasteiger charge is -2.47. The molecule has 4 atom stereocenters. The van der Waals surface area contributed by atoms with Crippen LogP contribution in [0.2, 0.25) is 0 Å². The SMILES string of the molecule is NC1CCC(C(=O)N2CCC3(O)CCCCC3C2)C1. The summed E-state index contributed by atoms with van der Waals surface area (Å²) in [5, 5.41) is 10.6. The minimum Gasteiger partial charge on any atom is -0.389 e. The summed E-state index contributed by atoms with van der Waals surface area (Å²) in [5.74, 6) is 0.736. The maximum Gasteiger partial charge on any atom is 0.225 e. The number of carbonyl (C=O) groups excluding carboxylic acids is 1. The zero-order chi connectivity index (χ0) is 13.5. The van der Waals surface area contributed by atoms with E-state index in [1.807, 2.05) is 4.90 Å². The van der Waals surface area contributed by atoms with Gasteiger partial charge in [-0.2, -0.15) is 0 Å². The van der Waals surface area contributed by atoms with Crippen molar-refractivity contribution in [1.29, 1.82) is 0 Å². The van der Waals surface area contributed by atoms with Gasteiger partial charge in [-0.1, -0.05) is 12.8 Å². The van der Waals surface area contributed by atoms with Crippen molar-refractivity contribution in [2.75, 3.05) is 13.1 Å². The summed E-state index contributed by atoms with van der Waals surface area (Å²) in [6.07, 6.45) is 7.88. The first-order valence-corrected chi connectivity index (χ1v) is 7.85. The molecule has 0 aromatic rings. The van der Waals surface area contributed by atoms with Gasteiger partial charge in [-0.3, -0.25) is 4.79 Å². The van der Waals surface area contributed by atoms with Crippen LogP contribution in [-0.4, -0.2) is 40.6 Å². The molecular weight excluding hydrogens is 240 g/mol. The molecule has 3 N–H and O–H groups in total. The quantitative estimate of drug-likeness (QED) is 0.751. The standard InChI is InChI=1S/C15H26N2O2/c16-13-5-4-11(9-13)14(18)17-8-7-15(19)6-2-1-3-12(15)10-17/h11-13,19H,1-10,16H2. The Morgan fingerprint density at radius 1 is 1.21 bits per heavy atom. The average Bonchev–Trinajstić information content (AvgIpc) is 2.83. The number of piperidine rings is 1. The van der Waals surface area contributed by atoms with E-state index in [0.717, 1.165) is 58.0 Å². The van der Waals surface area contributed by atoms with Gasteiger partial charge in [0.15, 0.2) is 0 Å². The maximum absolute atomic E-state index is 12.5. The van der Waals surface area contributed by atoms with Crippen molar-refractivity contribution in [1.82, 2.24) is 4.90 Å². The van der Waals surface area contributed by atoms with Gasteiger partial charge in [-0.15, -0.1) is 0 Å². The summed E-state index contributed by atoms with van der Waals surface area (Å²) >= 11 is 0. The third-order valence-electron chi connectivity index (χ3n) is 5.56. The fourth-order valence-corrected chi connectivity index (χ4v) is 4.27. The molecule has 0 aromatic carbocycles. The predicted octanol–water partition coefficient (Wildman–Crippen LogP) is 1.27. The van der Waals surface area contributed by atoms with Crippen molar-refractivity contribution in [2.45, 2.75) is 63.0 Å². The molecule has 2 aliphatic carbocycles. The lowest BCUT2D eigenvalue weighted by molar-refractivity contribution is -0.147. The molecule has 3 fully saturated rings. The number of carbonyl (C=O) groups is 1. The molecule has 0 bridgehead atoms. The number of rotatable bonds is 1. The fourth-order valence-electron chi connectivity index (χ4n) is 4.27. The second kappa shape index (κ2) is 5.06. The Hall–Kier alpha value is -0.610. The number of fused-ring (bicyclic) bond motifs is 1. The van der Waals surface area contributed by atoms with Crippen molar-refractivity contribution < 1.29 is 9.90 Å². The van der Waals surface area contributed by atoms with Crippen molar-refractivity contribution in [3.05, 3.63) is 0 Å². The zero-order valence-electron chi connectivity index (χ0n) is 11.7. The Balaban J connectivity index is 1.62. The van der Waals surface area contributed by atoms with Crippen LogP contribution in [0.4, 0.5) is 0 Å². The van der Waals surface area contributed by atoms with Gasteiger partial charge in [0.1, 0.15) is 0 Å². The second-order valence-electron chi connectivity index (χ2n) is 6.85. The van der Waals surface area contributed by atoms with Gasteiger partial charge in [-0.25, -0.2) is 0 Å². The van der Waals surface area contributed by atoms with E-state index in [-0.39, 0.29) is 12.0 Å². The number of likely N-dealkylation sites (tertiary alicyclic amines) is 1. The summed E-state index contributed by atoms with van der Waals surface area (Å²) < 4.78 is 0. The molecule has 3 aliphatic rings. The summed E-state index contributed by atoms with van der Waals surface area (Å²) in [5.41, 5.74) is 5.42. The van der Waals surface area contributed by atoms with Gasteiger partial charge in [0.05, 0.1) is 5.60 Å². The van der Waals surface area contributed by atoms with Gasteiger partial charge < -0.3 is 15.7 Å². The first kappa shape index (κ1) is 13.4. The Kier molecular flexibility index (Phi) is 3.56. The van der Waals surface area contributed by atoms with E-state index in [1.54, 1.807) is 0 Å². The van der Waals surface area contributed by atoms with E-state index in [0.29, 0.717) is 11.8 Å². The van der Waals surface area contributed by atoms with Crippen LogP contribution in [0.1, 0.15) is 51.4 Å². The molecule has 0 radical (unpaired) electrons. The Morgan fingerprint density at radius 2 is 2.05 bits per heavy atom. The Morgan fingerprint density at radius 3 is 2.79 bits per heavy atom. The molecule has 0 aromatic heterocycles.